The van der Waals surface area contributed by atoms with Gasteiger partial charge in [0.05, 0.1) is 13.1 Å². The van der Waals surface area contributed by atoms with Crippen LogP contribution in [0.3, 0.4) is 0 Å². The minimum Gasteiger partial charge on any atom is -0.481 e. The molecule has 0 saturated carbocycles. The maximum absolute atomic E-state index is 12.6. The van der Waals surface area contributed by atoms with Gasteiger partial charge in [-0.05, 0) is 38.6 Å². The molecule has 0 fully saturated rings. The van der Waals surface area contributed by atoms with E-state index in [4.69, 9.17) is 10.2 Å². The van der Waals surface area contributed by atoms with Crippen molar-refractivity contribution >= 4 is 47.8 Å². The minimum atomic E-state index is -1.67. The number of urea groups is 1. The number of carboxylic acid groups (broad SMARTS) is 6. The molecule has 0 aliphatic heterocycles. The largest absolute Gasteiger partial charge is 0.481 e. The number of imidazole rings is 2. The zero-order valence-electron chi connectivity index (χ0n) is 27.6. The van der Waals surface area contributed by atoms with Crippen molar-refractivity contribution in [3.8, 4) is 0 Å². The predicted molar refractivity (Wildman–Crippen MR) is 168 cm³/mol. The molecule has 2 rings (SSSR count). The molecule has 0 aliphatic rings. The Bertz CT molecular complexity index is 1510. The number of unbranched alkanes of at least 4 members (excludes halogenated alkanes) is 1. The average molecular weight is 911 g/mol. The SMILES string of the molecule is O=C(O)CC[C@H](NC(=O)N[C@@H](CCC(=O)N[C@@H](CCCCN(Cc1nccn1CC(=O)O)Cc1nccn1CC(=O)O)C(=O)O)C(=O)O)C(=O)O.[Re]. The first-order chi connectivity index (χ1) is 24.0. The van der Waals surface area contributed by atoms with Gasteiger partial charge in [-0.25, -0.2) is 29.1 Å². The standard InChI is InChI=1S/C29H40N8O14.Re/c38-22(6-4-18(27(47)48)33-29(51)34-19(28(49)50)5-7-23(39)40)32-17(26(45)46)3-1-2-10-35(13-20-30-8-11-36(20)15-24(41)42)14-21-31-9-12-37(21)16-25(43)44;/h8-9,11-12,17-19H,1-7,10,13-16H2,(H,32,38)(H,39,40)(H,41,42)(H,43,44)(H,45,46)(H,47,48)(H,49,50)(H2,33,34,51);/t17-,18-,19-;/m0./s1. The molecule has 2 aromatic rings. The molecule has 287 valence electrons. The second-order valence-electron chi connectivity index (χ2n) is 11.3. The molecule has 0 aliphatic carbocycles. The first-order valence-electron chi connectivity index (χ1n) is 15.5. The Hall–Kier alpha value is -5.40. The van der Waals surface area contributed by atoms with Crippen molar-refractivity contribution in [2.24, 2.45) is 0 Å². The van der Waals surface area contributed by atoms with Crippen molar-refractivity contribution < 1.29 is 89.4 Å². The van der Waals surface area contributed by atoms with Gasteiger partial charge in [0.2, 0.25) is 5.91 Å². The third kappa shape index (κ3) is 16.5. The van der Waals surface area contributed by atoms with Gasteiger partial charge >= 0.3 is 41.8 Å². The first-order valence-corrected chi connectivity index (χ1v) is 15.5. The molecular formula is C29H40N8O14Re. The molecule has 1 radical (unpaired) electrons. The summed E-state index contributed by atoms with van der Waals surface area (Å²) in [7, 11) is 0. The smallest absolute Gasteiger partial charge is 0.326 e. The Kier molecular flexibility index (Phi) is 19.2. The molecular weight excluding hydrogens is 871 g/mol. The predicted octanol–water partition coefficient (Wildman–Crippen LogP) is -1.16. The van der Waals surface area contributed by atoms with E-state index in [0.717, 1.165) is 0 Å². The summed E-state index contributed by atoms with van der Waals surface area (Å²) in [6, 6.07) is -5.88. The van der Waals surface area contributed by atoms with Gasteiger partial charge in [-0.3, -0.25) is 24.1 Å². The molecule has 0 spiro atoms. The summed E-state index contributed by atoms with van der Waals surface area (Å²) in [5.74, 6) is -7.96. The van der Waals surface area contributed by atoms with Gasteiger partial charge < -0.3 is 55.7 Å². The van der Waals surface area contributed by atoms with Crippen LogP contribution in [0.15, 0.2) is 24.8 Å². The quantitative estimate of drug-likeness (QED) is 0.0531. The fourth-order valence-electron chi connectivity index (χ4n) is 4.80. The van der Waals surface area contributed by atoms with Crippen molar-refractivity contribution in [3.63, 3.8) is 0 Å². The number of hydrogen-bond donors (Lipinski definition) is 9. The number of nitrogens with zero attached hydrogens (tertiary/aromatic N) is 5. The van der Waals surface area contributed by atoms with Crippen LogP contribution in [0, 0.1) is 0 Å². The van der Waals surface area contributed by atoms with E-state index in [-0.39, 0.29) is 59.4 Å². The Morgan fingerprint density at radius 2 is 1.06 bits per heavy atom. The van der Waals surface area contributed by atoms with E-state index < -0.39 is 91.6 Å². The maximum Gasteiger partial charge on any atom is 0.326 e. The fraction of sp³-hybridized carbons (Fsp3) is 0.517. The number of carboxylic acids is 6. The zero-order valence-corrected chi connectivity index (χ0v) is 30.3. The van der Waals surface area contributed by atoms with Gasteiger partial charge in [0, 0.05) is 58.1 Å². The average Bonchev–Trinajstić information content (AvgIpc) is 3.65. The molecule has 0 unspecified atom stereocenters. The molecule has 0 bridgehead atoms. The van der Waals surface area contributed by atoms with E-state index in [9.17, 15) is 58.8 Å². The van der Waals surface area contributed by atoms with Gasteiger partial charge in [0.1, 0.15) is 42.9 Å². The van der Waals surface area contributed by atoms with Crippen molar-refractivity contribution in [3.05, 3.63) is 36.4 Å². The summed E-state index contributed by atoms with van der Waals surface area (Å²) in [5, 5.41) is 61.7. The summed E-state index contributed by atoms with van der Waals surface area (Å²) >= 11 is 0. The van der Waals surface area contributed by atoms with Gasteiger partial charge in [-0.15, -0.1) is 0 Å². The van der Waals surface area contributed by atoms with Crippen LogP contribution < -0.4 is 16.0 Å². The van der Waals surface area contributed by atoms with Gasteiger partial charge in [0.25, 0.3) is 0 Å². The zero-order chi connectivity index (χ0) is 38.1. The van der Waals surface area contributed by atoms with Crippen molar-refractivity contribution in [2.45, 2.75) is 89.3 Å². The summed E-state index contributed by atoms with van der Waals surface area (Å²) in [5.41, 5.74) is 0. The molecule has 0 saturated heterocycles. The maximum atomic E-state index is 12.6. The van der Waals surface area contributed by atoms with Crippen molar-refractivity contribution in [2.75, 3.05) is 6.54 Å². The third-order valence-electron chi connectivity index (χ3n) is 7.31. The van der Waals surface area contributed by atoms with Crippen LogP contribution in [0.25, 0.3) is 0 Å². The van der Waals surface area contributed by atoms with Crippen LogP contribution in [0.2, 0.25) is 0 Å². The van der Waals surface area contributed by atoms with E-state index in [1.54, 1.807) is 0 Å². The summed E-state index contributed by atoms with van der Waals surface area (Å²) < 4.78 is 2.86. The van der Waals surface area contributed by atoms with E-state index >= 15 is 0 Å². The topological polar surface area (TPSA) is 333 Å². The number of aliphatic carboxylic acids is 6. The molecule has 22 nitrogen and oxygen atoms in total. The first kappa shape index (κ1) is 44.6. The Morgan fingerprint density at radius 1 is 0.615 bits per heavy atom. The second kappa shape index (κ2) is 22.4. The monoisotopic (exact) mass is 911 g/mol. The third-order valence-corrected chi connectivity index (χ3v) is 7.31. The van der Waals surface area contributed by atoms with Gasteiger partial charge in [-0.2, -0.15) is 0 Å². The molecule has 52 heavy (non-hydrogen) atoms. The fourth-order valence-corrected chi connectivity index (χ4v) is 4.80. The molecule has 23 heteroatoms. The Labute approximate surface area is 308 Å². The van der Waals surface area contributed by atoms with Gasteiger partial charge in [-0.1, -0.05) is 0 Å². The number of nitrogens with one attached hydrogen (secondary N) is 3. The molecule has 3 amide bonds. The number of carbonyl (C=O) groups is 8. The van der Waals surface area contributed by atoms with Crippen LogP contribution in [-0.4, -0.2) is 127 Å². The van der Waals surface area contributed by atoms with Crippen LogP contribution in [0.5, 0.6) is 0 Å². The van der Waals surface area contributed by atoms with E-state index in [0.29, 0.717) is 24.6 Å². The summed E-state index contributed by atoms with van der Waals surface area (Å²) in [6.45, 7) is -0.0713. The molecule has 2 heterocycles. The van der Waals surface area contributed by atoms with Crippen LogP contribution >= 0.6 is 0 Å². The van der Waals surface area contributed by atoms with Crippen LogP contribution in [0.1, 0.15) is 56.6 Å². The second-order valence-corrected chi connectivity index (χ2v) is 11.3. The van der Waals surface area contributed by atoms with E-state index in [1.807, 2.05) is 15.5 Å². The summed E-state index contributed by atoms with van der Waals surface area (Å²) in [4.78, 5) is 103. The molecule has 0 aromatic carbocycles. The number of hydrogen-bond acceptors (Lipinski definition) is 11. The molecule has 9 N–H and O–H groups in total. The van der Waals surface area contributed by atoms with Crippen molar-refractivity contribution in [1.82, 2.24) is 40.0 Å². The van der Waals surface area contributed by atoms with Crippen LogP contribution in [-0.2, 0) is 80.2 Å². The number of amides is 3. The summed E-state index contributed by atoms with van der Waals surface area (Å²) in [6.07, 6.45) is 4.42. The van der Waals surface area contributed by atoms with E-state index in [1.165, 1.54) is 33.9 Å². The van der Waals surface area contributed by atoms with Crippen LogP contribution in [0.4, 0.5) is 4.79 Å². The number of rotatable bonds is 25. The molecule has 3 atom stereocenters. The number of aromatic nitrogens is 4. The Balaban J connectivity index is 0.0000135. The number of carbonyl (C=O) groups excluding carboxylic acids is 2. The van der Waals surface area contributed by atoms with Gasteiger partial charge in [0.15, 0.2) is 0 Å². The Morgan fingerprint density at radius 3 is 1.48 bits per heavy atom. The molecule has 2 aromatic heterocycles. The van der Waals surface area contributed by atoms with E-state index in [2.05, 4.69) is 15.3 Å². The minimum absolute atomic E-state index is 0. The van der Waals surface area contributed by atoms with Crippen molar-refractivity contribution in [1.29, 1.82) is 0 Å². The normalized spacial score (nSPS) is 12.5.